The maximum absolute atomic E-state index is 12.0. The van der Waals surface area contributed by atoms with E-state index in [4.69, 9.17) is 0 Å². The van der Waals surface area contributed by atoms with Crippen LogP contribution in [0.2, 0.25) is 0 Å². The van der Waals surface area contributed by atoms with Crippen molar-refractivity contribution in [3.63, 3.8) is 0 Å². The minimum absolute atomic E-state index is 0.101. The summed E-state index contributed by atoms with van der Waals surface area (Å²) in [6.07, 6.45) is 0.237. The summed E-state index contributed by atoms with van der Waals surface area (Å²) in [6, 6.07) is 19.4. The summed E-state index contributed by atoms with van der Waals surface area (Å²) >= 11 is 0. The van der Waals surface area contributed by atoms with E-state index in [2.05, 4.69) is 15.8 Å². The van der Waals surface area contributed by atoms with Crippen molar-refractivity contribution in [2.45, 2.75) is 33.2 Å². The zero-order valence-corrected chi connectivity index (χ0v) is 15.2. The largest absolute Gasteiger partial charge is 0.352 e. The van der Waals surface area contributed by atoms with Gasteiger partial charge in [-0.05, 0) is 17.0 Å². The summed E-state index contributed by atoms with van der Waals surface area (Å²) in [4.78, 5) is 23.8. The van der Waals surface area contributed by atoms with Gasteiger partial charge in [-0.25, -0.2) is 5.43 Å². The third-order valence-corrected chi connectivity index (χ3v) is 3.83. The average molecular weight is 351 g/mol. The SMILES string of the molecule is CC(C)C(=NNC(=O)CCC(=O)NCc1ccccc1)c1ccccc1. The standard InChI is InChI=1S/C21H25N3O2/c1-16(2)21(18-11-7-4-8-12-18)24-23-20(26)14-13-19(25)22-15-17-9-5-3-6-10-17/h3-12,16H,13-15H2,1-2H3,(H,22,25)(H,23,26). The van der Waals surface area contributed by atoms with E-state index < -0.39 is 0 Å². The van der Waals surface area contributed by atoms with E-state index in [0.717, 1.165) is 16.8 Å². The van der Waals surface area contributed by atoms with Crippen molar-refractivity contribution < 1.29 is 9.59 Å². The van der Waals surface area contributed by atoms with Crippen LogP contribution in [0.1, 0.15) is 37.8 Å². The molecule has 0 aliphatic carbocycles. The lowest BCUT2D eigenvalue weighted by Gasteiger charge is -2.10. The number of nitrogens with zero attached hydrogens (tertiary/aromatic N) is 1. The molecule has 0 fully saturated rings. The van der Waals surface area contributed by atoms with E-state index in [1.54, 1.807) is 0 Å². The molecule has 0 heterocycles. The van der Waals surface area contributed by atoms with E-state index in [-0.39, 0.29) is 30.6 Å². The van der Waals surface area contributed by atoms with Gasteiger partial charge in [0.1, 0.15) is 0 Å². The van der Waals surface area contributed by atoms with Crippen LogP contribution in [-0.4, -0.2) is 17.5 Å². The molecule has 0 atom stereocenters. The first-order valence-corrected chi connectivity index (χ1v) is 8.78. The Morgan fingerprint density at radius 1 is 0.885 bits per heavy atom. The number of hydrazone groups is 1. The molecule has 26 heavy (non-hydrogen) atoms. The lowest BCUT2D eigenvalue weighted by Crippen LogP contribution is -2.26. The van der Waals surface area contributed by atoms with Gasteiger partial charge < -0.3 is 5.32 Å². The number of nitrogens with one attached hydrogen (secondary N) is 2. The molecular weight excluding hydrogens is 326 g/mol. The van der Waals surface area contributed by atoms with Crippen molar-refractivity contribution in [2.24, 2.45) is 11.0 Å². The Morgan fingerprint density at radius 2 is 1.46 bits per heavy atom. The lowest BCUT2D eigenvalue weighted by atomic mass is 10.0. The van der Waals surface area contributed by atoms with Gasteiger partial charge in [0.2, 0.25) is 11.8 Å². The number of amides is 2. The van der Waals surface area contributed by atoms with Crippen LogP contribution in [0.3, 0.4) is 0 Å². The molecule has 2 amide bonds. The smallest absolute Gasteiger partial charge is 0.240 e. The molecular formula is C21H25N3O2. The van der Waals surface area contributed by atoms with Gasteiger partial charge in [0.25, 0.3) is 0 Å². The van der Waals surface area contributed by atoms with Crippen LogP contribution < -0.4 is 10.7 Å². The van der Waals surface area contributed by atoms with Crippen molar-refractivity contribution in [3.8, 4) is 0 Å². The fourth-order valence-corrected chi connectivity index (χ4v) is 2.43. The summed E-state index contributed by atoms with van der Waals surface area (Å²) in [6.45, 7) is 4.51. The number of benzene rings is 2. The second kappa shape index (κ2) is 10.1. The first-order chi connectivity index (χ1) is 12.6. The molecule has 2 aromatic rings. The molecule has 0 saturated heterocycles. The molecule has 0 aliphatic rings. The Kier molecular flexibility index (Phi) is 7.55. The summed E-state index contributed by atoms with van der Waals surface area (Å²) in [5.74, 6) is -0.249. The molecule has 0 aromatic heterocycles. The predicted octanol–water partition coefficient (Wildman–Crippen LogP) is 3.26. The molecule has 0 bridgehead atoms. The molecule has 0 spiro atoms. The summed E-state index contributed by atoms with van der Waals surface area (Å²) < 4.78 is 0. The molecule has 0 unspecified atom stereocenters. The molecule has 0 saturated carbocycles. The van der Waals surface area contributed by atoms with Gasteiger partial charge >= 0.3 is 0 Å². The van der Waals surface area contributed by atoms with E-state index in [1.807, 2.05) is 74.5 Å². The van der Waals surface area contributed by atoms with Crippen molar-refractivity contribution in [3.05, 3.63) is 71.8 Å². The van der Waals surface area contributed by atoms with Crippen LogP contribution in [-0.2, 0) is 16.1 Å². The fraction of sp³-hybridized carbons (Fsp3) is 0.286. The van der Waals surface area contributed by atoms with Crippen LogP contribution in [0.25, 0.3) is 0 Å². The number of carbonyl (C=O) groups excluding carboxylic acids is 2. The third kappa shape index (κ3) is 6.51. The molecule has 136 valence electrons. The highest BCUT2D eigenvalue weighted by atomic mass is 16.2. The van der Waals surface area contributed by atoms with Gasteiger partial charge in [-0.3, -0.25) is 9.59 Å². The first kappa shape index (κ1) is 19.4. The normalized spacial score (nSPS) is 11.3. The Balaban J connectivity index is 1.79. The molecule has 0 radical (unpaired) electrons. The zero-order chi connectivity index (χ0) is 18.8. The third-order valence-electron chi connectivity index (χ3n) is 3.83. The molecule has 2 N–H and O–H groups in total. The Labute approximate surface area is 154 Å². The van der Waals surface area contributed by atoms with E-state index in [9.17, 15) is 9.59 Å². The molecule has 2 aromatic carbocycles. The highest BCUT2D eigenvalue weighted by Crippen LogP contribution is 2.09. The molecule has 2 rings (SSSR count). The maximum Gasteiger partial charge on any atom is 0.240 e. The highest BCUT2D eigenvalue weighted by Gasteiger charge is 2.10. The molecule has 5 heteroatoms. The van der Waals surface area contributed by atoms with E-state index >= 15 is 0 Å². The van der Waals surface area contributed by atoms with E-state index in [1.165, 1.54) is 0 Å². The van der Waals surface area contributed by atoms with Crippen molar-refractivity contribution in [1.29, 1.82) is 0 Å². The van der Waals surface area contributed by atoms with Gasteiger partial charge in [-0.1, -0.05) is 74.5 Å². The van der Waals surface area contributed by atoms with Gasteiger partial charge in [-0.15, -0.1) is 0 Å². The highest BCUT2D eigenvalue weighted by molar-refractivity contribution is 6.02. The minimum atomic E-state index is -0.269. The lowest BCUT2D eigenvalue weighted by molar-refractivity contribution is -0.126. The second-order valence-corrected chi connectivity index (χ2v) is 6.32. The minimum Gasteiger partial charge on any atom is -0.352 e. The average Bonchev–Trinajstić information content (AvgIpc) is 2.66. The van der Waals surface area contributed by atoms with Crippen LogP contribution >= 0.6 is 0 Å². The monoisotopic (exact) mass is 351 g/mol. The van der Waals surface area contributed by atoms with Crippen LogP contribution in [0.5, 0.6) is 0 Å². The van der Waals surface area contributed by atoms with Crippen LogP contribution in [0.15, 0.2) is 65.8 Å². The summed E-state index contributed by atoms with van der Waals surface area (Å²) in [5.41, 5.74) is 5.38. The van der Waals surface area contributed by atoms with Crippen molar-refractivity contribution in [1.82, 2.24) is 10.7 Å². The predicted molar refractivity (Wildman–Crippen MR) is 103 cm³/mol. The van der Waals surface area contributed by atoms with E-state index in [0.29, 0.717) is 6.54 Å². The molecule has 0 aliphatic heterocycles. The number of hydrogen-bond acceptors (Lipinski definition) is 3. The first-order valence-electron chi connectivity index (χ1n) is 8.78. The number of carbonyl (C=O) groups is 2. The van der Waals surface area contributed by atoms with Gasteiger partial charge in [0.05, 0.1) is 5.71 Å². The summed E-state index contributed by atoms with van der Waals surface area (Å²) in [5, 5.41) is 7.06. The fourth-order valence-electron chi connectivity index (χ4n) is 2.43. The number of rotatable bonds is 8. The number of hydrogen-bond donors (Lipinski definition) is 2. The van der Waals surface area contributed by atoms with Gasteiger partial charge in [0, 0.05) is 19.4 Å². The second-order valence-electron chi connectivity index (χ2n) is 6.32. The maximum atomic E-state index is 12.0. The van der Waals surface area contributed by atoms with Crippen molar-refractivity contribution >= 4 is 17.5 Å². The quantitative estimate of drug-likeness (QED) is 0.566. The summed E-state index contributed by atoms with van der Waals surface area (Å²) in [7, 11) is 0. The van der Waals surface area contributed by atoms with Crippen LogP contribution in [0.4, 0.5) is 0 Å². The molecule has 5 nitrogen and oxygen atoms in total. The van der Waals surface area contributed by atoms with Gasteiger partial charge in [-0.2, -0.15) is 5.10 Å². The topological polar surface area (TPSA) is 70.6 Å². The Hall–Kier alpha value is -2.95. The van der Waals surface area contributed by atoms with Crippen molar-refractivity contribution in [2.75, 3.05) is 0 Å². The Bertz CT molecular complexity index is 740. The Morgan fingerprint density at radius 3 is 2.08 bits per heavy atom. The van der Waals surface area contributed by atoms with Crippen LogP contribution in [0, 0.1) is 5.92 Å². The van der Waals surface area contributed by atoms with Gasteiger partial charge in [0.15, 0.2) is 0 Å². The zero-order valence-electron chi connectivity index (χ0n) is 15.2.